The van der Waals surface area contributed by atoms with Gasteiger partial charge in [0.1, 0.15) is 5.82 Å². The fourth-order valence-corrected chi connectivity index (χ4v) is 3.82. The number of nitrogens with one attached hydrogen (secondary N) is 1. The Labute approximate surface area is 194 Å². The molecule has 174 valence electrons. The Morgan fingerprint density at radius 2 is 1.82 bits per heavy atom. The Bertz CT molecular complexity index is 1010. The molecule has 1 heterocycles. The molecule has 0 spiro atoms. The lowest BCUT2D eigenvalue weighted by molar-refractivity contribution is -0.145. The van der Waals surface area contributed by atoms with Crippen LogP contribution in [0.3, 0.4) is 0 Å². The van der Waals surface area contributed by atoms with Crippen LogP contribution in [-0.2, 0) is 22.7 Å². The van der Waals surface area contributed by atoms with Crippen molar-refractivity contribution in [2.24, 2.45) is 0 Å². The Morgan fingerprint density at radius 1 is 1.12 bits per heavy atom. The number of unbranched alkanes of at least 4 members (excludes halogenated alkanes) is 2. The van der Waals surface area contributed by atoms with Gasteiger partial charge in [-0.1, -0.05) is 50.1 Å². The van der Waals surface area contributed by atoms with Crippen molar-refractivity contribution < 1.29 is 14.0 Å². The molecule has 0 aliphatic carbocycles. The van der Waals surface area contributed by atoms with Crippen LogP contribution in [0.1, 0.15) is 37.3 Å². The number of fused-ring (bicyclic) bond motifs is 1. The largest absolute Gasteiger partial charge is 0.355 e. The number of amides is 2. The molecular weight excluding hydrogens is 421 g/mol. The predicted molar refractivity (Wildman–Crippen MR) is 126 cm³/mol. The van der Waals surface area contributed by atoms with Gasteiger partial charge in [0.15, 0.2) is 5.69 Å². The van der Waals surface area contributed by atoms with Crippen molar-refractivity contribution in [3.63, 3.8) is 0 Å². The number of halogens is 1. The molecule has 2 aromatic rings. The summed E-state index contributed by atoms with van der Waals surface area (Å²) >= 11 is 0. The number of anilines is 1. The van der Waals surface area contributed by atoms with Gasteiger partial charge in [0.2, 0.25) is 5.91 Å². The minimum absolute atomic E-state index is 0.0682. The highest BCUT2D eigenvalue weighted by molar-refractivity contribution is 5.86. The van der Waals surface area contributed by atoms with Crippen molar-refractivity contribution in [1.29, 1.82) is 0 Å². The molecular formula is C25H30FN5O2. The number of carbonyl (C=O) groups excluding carboxylic acids is 2. The fraction of sp³-hybridized carbons (Fsp3) is 0.400. The molecule has 1 N–H and O–H groups in total. The van der Waals surface area contributed by atoms with E-state index in [1.54, 1.807) is 7.05 Å². The van der Waals surface area contributed by atoms with Crippen LogP contribution in [0, 0.1) is 12.4 Å². The van der Waals surface area contributed by atoms with Crippen LogP contribution in [0.5, 0.6) is 0 Å². The summed E-state index contributed by atoms with van der Waals surface area (Å²) in [6.45, 7) is 10.7. The van der Waals surface area contributed by atoms with Crippen molar-refractivity contribution in [2.75, 3.05) is 31.6 Å². The summed E-state index contributed by atoms with van der Waals surface area (Å²) in [7, 11) is 1.68. The van der Waals surface area contributed by atoms with Crippen molar-refractivity contribution in [3.05, 3.63) is 70.8 Å². The van der Waals surface area contributed by atoms with Gasteiger partial charge >= 0.3 is 0 Å². The molecule has 0 radical (unpaired) electrons. The van der Waals surface area contributed by atoms with E-state index in [0.29, 0.717) is 19.6 Å². The van der Waals surface area contributed by atoms with E-state index in [2.05, 4.69) is 17.1 Å². The topological polar surface area (TPSA) is 60.3 Å². The van der Waals surface area contributed by atoms with Crippen molar-refractivity contribution >= 4 is 23.2 Å². The lowest BCUT2D eigenvalue weighted by Gasteiger charge is -2.31. The summed E-state index contributed by atoms with van der Waals surface area (Å²) in [4.78, 5) is 30.4. The van der Waals surface area contributed by atoms with Gasteiger partial charge < -0.3 is 10.2 Å². The predicted octanol–water partition coefficient (Wildman–Crippen LogP) is 3.88. The minimum Gasteiger partial charge on any atom is -0.355 e. The second kappa shape index (κ2) is 11.4. The Morgan fingerprint density at radius 3 is 2.45 bits per heavy atom. The third kappa shape index (κ3) is 6.30. The number of carbonyl (C=O) groups is 2. The van der Waals surface area contributed by atoms with Gasteiger partial charge in [-0.3, -0.25) is 14.6 Å². The van der Waals surface area contributed by atoms with Gasteiger partial charge in [0.05, 0.1) is 25.3 Å². The van der Waals surface area contributed by atoms with Crippen LogP contribution in [-0.4, -0.2) is 48.5 Å². The molecule has 7 nitrogen and oxygen atoms in total. The molecule has 2 amide bonds. The van der Waals surface area contributed by atoms with Gasteiger partial charge in [0.25, 0.3) is 5.91 Å². The van der Waals surface area contributed by atoms with Crippen LogP contribution in [0.2, 0.25) is 0 Å². The second-order valence-corrected chi connectivity index (χ2v) is 8.17. The normalized spacial score (nSPS) is 12.7. The molecule has 0 fully saturated rings. The van der Waals surface area contributed by atoms with Crippen LogP contribution in [0.4, 0.5) is 15.8 Å². The average Bonchev–Trinajstić information content (AvgIpc) is 3.25. The molecule has 0 bridgehead atoms. The van der Waals surface area contributed by atoms with E-state index < -0.39 is 5.82 Å². The molecule has 0 unspecified atom stereocenters. The lowest BCUT2D eigenvalue weighted by atomic mass is 10.1. The van der Waals surface area contributed by atoms with Crippen molar-refractivity contribution in [2.45, 2.75) is 39.3 Å². The molecule has 33 heavy (non-hydrogen) atoms. The van der Waals surface area contributed by atoms with E-state index >= 15 is 0 Å². The molecule has 0 saturated heterocycles. The standard InChI is InChI=1S/C25H30FN5O2/c1-4-5-8-13-28-24(32)17-30(23-14-21(27-2)11-12-22(23)26)18-25(33)29(3)31-15-19-9-6-7-10-20(19)16-31/h6-7,9-12,14H,4-5,8,13,15-18H2,1,3H3,(H,28,32). The maximum atomic E-state index is 14.7. The van der Waals surface area contributed by atoms with E-state index in [0.717, 1.165) is 30.4 Å². The minimum atomic E-state index is -0.579. The molecule has 0 aromatic heterocycles. The number of hydrogen-bond donors (Lipinski definition) is 1. The number of benzene rings is 2. The molecule has 2 aromatic carbocycles. The van der Waals surface area contributed by atoms with Crippen LogP contribution in [0.15, 0.2) is 42.5 Å². The zero-order valence-corrected chi connectivity index (χ0v) is 19.2. The zero-order chi connectivity index (χ0) is 23.8. The van der Waals surface area contributed by atoms with Crippen LogP contribution >= 0.6 is 0 Å². The lowest BCUT2D eigenvalue weighted by Crippen LogP contribution is -2.48. The van der Waals surface area contributed by atoms with Gasteiger partial charge in [0, 0.05) is 26.7 Å². The third-order valence-electron chi connectivity index (χ3n) is 5.77. The number of likely N-dealkylation sites (N-methyl/N-ethyl adjacent to an activating group) is 1. The van der Waals surface area contributed by atoms with Crippen molar-refractivity contribution in [3.8, 4) is 0 Å². The highest BCUT2D eigenvalue weighted by atomic mass is 19.1. The summed E-state index contributed by atoms with van der Waals surface area (Å²) in [5.74, 6) is -1.14. The number of rotatable bonds is 10. The van der Waals surface area contributed by atoms with E-state index in [-0.39, 0.29) is 36.3 Å². The number of hydrazine groups is 1. The van der Waals surface area contributed by atoms with E-state index in [1.165, 1.54) is 28.1 Å². The first kappa shape index (κ1) is 24.2. The maximum absolute atomic E-state index is 14.7. The first-order valence-electron chi connectivity index (χ1n) is 11.2. The third-order valence-corrected chi connectivity index (χ3v) is 5.77. The summed E-state index contributed by atoms with van der Waals surface area (Å²) in [5.41, 5.74) is 2.64. The van der Waals surface area contributed by atoms with E-state index in [1.807, 2.05) is 29.3 Å². The van der Waals surface area contributed by atoms with Gasteiger partial charge in [-0.25, -0.2) is 14.2 Å². The van der Waals surface area contributed by atoms with Gasteiger partial charge in [-0.05, 0) is 29.7 Å². The van der Waals surface area contributed by atoms with E-state index in [4.69, 9.17) is 6.57 Å². The Hall–Kier alpha value is -3.44. The Kier molecular flexibility index (Phi) is 8.39. The molecule has 1 aliphatic rings. The molecule has 0 saturated carbocycles. The summed E-state index contributed by atoms with van der Waals surface area (Å²) in [6.07, 6.45) is 2.91. The molecule has 8 heteroatoms. The summed E-state index contributed by atoms with van der Waals surface area (Å²) < 4.78 is 14.7. The first-order valence-corrected chi connectivity index (χ1v) is 11.2. The first-order chi connectivity index (χ1) is 15.9. The van der Waals surface area contributed by atoms with Crippen LogP contribution < -0.4 is 10.2 Å². The summed E-state index contributed by atoms with van der Waals surface area (Å²) in [6, 6.07) is 12.0. The monoisotopic (exact) mass is 451 g/mol. The van der Waals surface area contributed by atoms with E-state index in [9.17, 15) is 14.0 Å². The molecule has 1 aliphatic heterocycles. The smallest absolute Gasteiger partial charge is 0.256 e. The quantitative estimate of drug-likeness (QED) is 0.440. The van der Waals surface area contributed by atoms with Gasteiger partial charge in [-0.2, -0.15) is 0 Å². The van der Waals surface area contributed by atoms with Crippen molar-refractivity contribution in [1.82, 2.24) is 15.3 Å². The summed E-state index contributed by atoms with van der Waals surface area (Å²) in [5, 5.41) is 6.29. The maximum Gasteiger partial charge on any atom is 0.256 e. The highest BCUT2D eigenvalue weighted by Crippen LogP contribution is 2.27. The average molecular weight is 452 g/mol. The second-order valence-electron chi connectivity index (χ2n) is 8.17. The SMILES string of the molecule is [C-]#[N+]c1ccc(F)c(N(CC(=O)NCCCCC)CC(=O)N(C)N2Cc3ccccc3C2)c1. The number of nitrogens with zero attached hydrogens (tertiary/aromatic N) is 4. The highest BCUT2D eigenvalue weighted by Gasteiger charge is 2.27. The van der Waals surface area contributed by atoms with Gasteiger partial charge in [-0.15, -0.1) is 0 Å². The zero-order valence-electron chi connectivity index (χ0n) is 19.2. The fourth-order valence-electron chi connectivity index (χ4n) is 3.82. The van der Waals surface area contributed by atoms with Crippen LogP contribution in [0.25, 0.3) is 4.85 Å². The molecule has 0 atom stereocenters. The Balaban J connectivity index is 1.73. The molecule has 3 rings (SSSR count). The number of hydrogen-bond acceptors (Lipinski definition) is 4.